The molecule has 2 amide bonds. The summed E-state index contributed by atoms with van der Waals surface area (Å²) in [5.74, 6) is -0.837. The van der Waals surface area contributed by atoms with Crippen molar-refractivity contribution in [1.82, 2.24) is 10.6 Å². The average Bonchev–Trinajstić information content (AvgIpc) is 3.77. The summed E-state index contributed by atoms with van der Waals surface area (Å²) < 4.78 is 9.80. The summed E-state index contributed by atoms with van der Waals surface area (Å²) in [4.78, 5) is 50.1. The second-order valence-electron chi connectivity index (χ2n) is 13.7. The Balaban J connectivity index is 0.000000333. The van der Waals surface area contributed by atoms with Gasteiger partial charge in [0.15, 0.2) is 0 Å². The number of ether oxygens (including phenoxy) is 2. The molecule has 0 heterocycles. The maximum atomic E-state index is 12.9. The zero-order chi connectivity index (χ0) is 35.2. The zero-order valence-corrected chi connectivity index (χ0v) is 29.7. The average molecular weight is 680 g/mol. The van der Waals surface area contributed by atoms with Gasteiger partial charge < -0.3 is 25.8 Å². The van der Waals surface area contributed by atoms with E-state index in [-0.39, 0.29) is 30.6 Å². The molecule has 0 aliphatic heterocycles. The summed E-state index contributed by atoms with van der Waals surface area (Å²) in [6.45, 7) is 6.63. The first-order chi connectivity index (χ1) is 23.0. The van der Waals surface area contributed by atoms with Gasteiger partial charge in [-0.3, -0.25) is 9.59 Å². The lowest BCUT2D eigenvalue weighted by atomic mass is 9.80. The Morgan fingerprint density at radius 2 is 1.02 bits per heavy atom. The lowest BCUT2D eigenvalue weighted by molar-refractivity contribution is -0.147. The molecule has 2 fully saturated rings. The summed E-state index contributed by atoms with van der Waals surface area (Å²) in [5, 5.41) is 5.91. The monoisotopic (exact) mass is 679 g/mol. The van der Waals surface area contributed by atoms with E-state index in [1.807, 2.05) is 62.4 Å². The molecule has 0 saturated heterocycles. The van der Waals surface area contributed by atoms with Gasteiger partial charge in [0.1, 0.15) is 12.1 Å². The number of nitrogens with two attached hydrogens (primary N) is 1. The first kappa shape index (κ1) is 41.5. The number of hydrogen-bond donors (Lipinski definition) is 3. The first-order valence-electron chi connectivity index (χ1n) is 17.6. The number of methoxy groups -OCH3 is 2. The Labute approximate surface area is 294 Å². The van der Waals surface area contributed by atoms with Gasteiger partial charge in [-0.15, -0.1) is 0 Å². The Kier molecular flexibility index (Phi) is 17.0. The van der Waals surface area contributed by atoms with Crippen LogP contribution in [0.3, 0.4) is 0 Å². The number of nitrogens with one attached hydrogen (secondary N) is 2. The largest absolute Gasteiger partial charge is 0.467 e. The fraction of sp³-hybridized carbons (Fsp3) is 0.600. The molecule has 9 heteroatoms. The Hall–Kier alpha value is -3.72. The van der Waals surface area contributed by atoms with Gasteiger partial charge in [-0.05, 0) is 70.0 Å². The van der Waals surface area contributed by atoms with Gasteiger partial charge in [0.2, 0.25) is 11.8 Å². The van der Waals surface area contributed by atoms with Gasteiger partial charge in [0.05, 0.1) is 19.6 Å². The van der Waals surface area contributed by atoms with Crippen LogP contribution in [-0.2, 0) is 41.5 Å². The Morgan fingerprint density at radius 3 is 1.33 bits per heavy atom. The zero-order valence-electron chi connectivity index (χ0n) is 29.7. The highest BCUT2D eigenvalue weighted by atomic mass is 16.5. The second kappa shape index (κ2) is 20.1. The van der Waals surface area contributed by atoms with Crippen molar-refractivity contribution >= 4 is 23.8 Å². The third-order valence-corrected chi connectivity index (χ3v) is 10.1. The van der Waals surface area contributed by atoms with Crippen molar-refractivity contribution < 1.29 is 28.7 Å². The van der Waals surface area contributed by atoms with Gasteiger partial charge in [-0.25, -0.2) is 9.59 Å². The van der Waals surface area contributed by atoms with Gasteiger partial charge in [-0.2, -0.15) is 0 Å². The highest BCUT2D eigenvalue weighted by Gasteiger charge is 2.42. The van der Waals surface area contributed by atoms with E-state index in [2.05, 4.69) is 17.6 Å². The van der Waals surface area contributed by atoms with Crippen molar-refractivity contribution in [3.63, 3.8) is 0 Å². The third-order valence-electron chi connectivity index (χ3n) is 10.1. The number of aryl methyl sites for hydroxylation is 2. The van der Waals surface area contributed by atoms with Gasteiger partial charge in [0, 0.05) is 18.3 Å². The number of amides is 2. The molecule has 0 aromatic heterocycles. The van der Waals surface area contributed by atoms with E-state index < -0.39 is 23.5 Å². The molecule has 0 bridgehead atoms. The molecule has 2 saturated carbocycles. The van der Waals surface area contributed by atoms with E-state index in [9.17, 15) is 19.2 Å². The number of carbonyl (C=O) groups excluding carboxylic acids is 4. The quantitative estimate of drug-likeness (QED) is 0.200. The summed E-state index contributed by atoms with van der Waals surface area (Å²) in [6, 6.07) is 14.7. The van der Waals surface area contributed by atoms with Crippen LogP contribution in [0.2, 0.25) is 0 Å². The van der Waals surface area contributed by atoms with Crippen LogP contribution in [0.15, 0.2) is 48.5 Å². The third kappa shape index (κ3) is 11.7. The highest BCUT2D eigenvalue weighted by Crippen LogP contribution is 2.42. The van der Waals surface area contributed by atoms with E-state index in [4.69, 9.17) is 15.2 Å². The maximum Gasteiger partial charge on any atom is 0.328 e. The van der Waals surface area contributed by atoms with Crippen molar-refractivity contribution in [3.05, 3.63) is 70.8 Å². The van der Waals surface area contributed by atoms with E-state index >= 15 is 0 Å². The molecular formula is C40H61N3O6. The smallest absolute Gasteiger partial charge is 0.328 e. The normalized spacial score (nSPS) is 16.9. The second-order valence-corrected chi connectivity index (χ2v) is 13.7. The number of esters is 2. The van der Waals surface area contributed by atoms with Gasteiger partial charge in [0.25, 0.3) is 0 Å². The molecule has 9 nitrogen and oxygen atoms in total. The van der Waals surface area contributed by atoms with E-state index in [1.54, 1.807) is 0 Å². The molecule has 2 aromatic carbocycles. The van der Waals surface area contributed by atoms with Crippen LogP contribution in [0.5, 0.6) is 0 Å². The Morgan fingerprint density at radius 1 is 0.673 bits per heavy atom. The molecule has 2 aromatic rings. The lowest BCUT2D eigenvalue weighted by Gasteiger charge is -2.29. The van der Waals surface area contributed by atoms with E-state index in [0.29, 0.717) is 25.8 Å². The minimum absolute atomic E-state index is 0. The van der Waals surface area contributed by atoms with Gasteiger partial charge >= 0.3 is 11.9 Å². The van der Waals surface area contributed by atoms with Crippen LogP contribution in [-0.4, -0.2) is 56.6 Å². The summed E-state index contributed by atoms with van der Waals surface area (Å²) in [6.07, 6.45) is 11.2. The topological polar surface area (TPSA) is 137 Å². The molecule has 4 N–H and O–H groups in total. The van der Waals surface area contributed by atoms with Crippen molar-refractivity contribution in [1.29, 1.82) is 0 Å². The van der Waals surface area contributed by atoms with Crippen LogP contribution in [0.1, 0.15) is 107 Å². The lowest BCUT2D eigenvalue weighted by Crippen LogP contribution is -2.49. The molecule has 49 heavy (non-hydrogen) atoms. The molecule has 2 atom stereocenters. The van der Waals surface area contributed by atoms with Gasteiger partial charge in [-0.1, -0.05) is 106 Å². The molecule has 4 rings (SSSR count). The predicted molar refractivity (Wildman–Crippen MR) is 195 cm³/mol. The molecule has 2 aliphatic carbocycles. The Bertz CT molecular complexity index is 1230. The number of hydrogen-bond acceptors (Lipinski definition) is 7. The van der Waals surface area contributed by atoms with Crippen molar-refractivity contribution in [2.75, 3.05) is 20.8 Å². The first-order valence-corrected chi connectivity index (χ1v) is 17.6. The highest BCUT2D eigenvalue weighted by molar-refractivity contribution is 5.89. The van der Waals surface area contributed by atoms with E-state index in [0.717, 1.165) is 80.9 Å². The van der Waals surface area contributed by atoms with Crippen LogP contribution >= 0.6 is 0 Å². The minimum atomic E-state index is -0.666. The predicted octanol–water partition coefficient (Wildman–Crippen LogP) is 6.30. The standard InChI is InChI=1S/C20H29NO3.C19H28N2O3.CH4/c1-4-11-20(12-5-6-13-20)19(23)21-17(18(22)24-3)14-16-9-7-15(2)8-10-16;1-14-5-7-15(8-6-14)13-16(17(22)24-2)21-18(23)19(11-12-20)9-3-4-10-19;/h7-10,17H,4-6,11-14H2,1-3H3,(H,21,23);5-8,16H,3-4,9-13,20H2,1-2H3,(H,21,23);1H4. The number of benzene rings is 2. The van der Waals surface area contributed by atoms with Crippen LogP contribution in [0.25, 0.3) is 0 Å². The fourth-order valence-electron chi connectivity index (χ4n) is 7.25. The van der Waals surface area contributed by atoms with Crippen molar-refractivity contribution in [2.24, 2.45) is 16.6 Å². The molecular weight excluding hydrogens is 618 g/mol. The minimum Gasteiger partial charge on any atom is -0.467 e. The van der Waals surface area contributed by atoms with Crippen LogP contribution in [0, 0.1) is 24.7 Å². The SMILES string of the molecule is C.CCCC1(C(=O)NC(Cc2ccc(C)cc2)C(=O)OC)CCCC1.COC(=O)C(Cc1ccc(C)cc1)NC(=O)C1(CCN)CCCC1. The fourth-order valence-corrected chi connectivity index (χ4v) is 7.25. The van der Waals surface area contributed by atoms with Crippen LogP contribution in [0.4, 0.5) is 0 Å². The summed E-state index contributed by atoms with van der Waals surface area (Å²) in [7, 11) is 2.72. The number of rotatable bonds is 14. The van der Waals surface area contributed by atoms with Crippen molar-refractivity contribution in [3.8, 4) is 0 Å². The van der Waals surface area contributed by atoms with Crippen molar-refractivity contribution in [2.45, 2.75) is 124 Å². The summed E-state index contributed by atoms with van der Waals surface area (Å²) in [5.41, 5.74) is 9.34. The molecule has 0 radical (unpaired) electrons. The summed E-state index contributed by atoms with van der Waals surface area (Å²) >= 11 is 0. The molecule has 2 unspecified atom stereocenters. The van der Waals surface area contributed by atoms with Crippen LogP contribution < -0.4 is 16.4 Å². The maximum absolute atomic E-state index is 12.9. The molecule has 2 aliphatic rings. The number of carbonyl (C=O) groups is 4. The molecule has 272 valence electrons. The molecule has 0 spiro atoms. The van der Waals surface area contributed by atoms with E-state index in [1.165, 1.54) is 19.8 Å².